The quantitative estimate of drug-likeness (QED) is 0.921. The van der Waals surface area contributed by atoms with Crippen molar-refractivity contribution in [3.63, 3.8) is 0 Å². The molecule has 1 atom stereocenters. The van der Waals surface area contributed by atoms with Crippen molar-refractivity contribution in [1.82, 2.24) is 9.88 Å². The fourth-order valence-electron chi connectivity index (χ4n) is 3.19. The Bertz CT molecular complexity index is 665. The van der Waals surface area contributed by atoms with Crippen molar-refractivity contribution >= 4 is 5.97 Å². The van der Waals surface area contributed by atoms with Gasteiger partial charge in [-0.05, 0) is 61.6 Å². The zero-order valence-electron chi connectivity index (χ0n) is 13.4. The highest BCUT2D eigenvalue weighted by molar-refractivity contribution is 5.87. The smallest absolute Gasteiger partial charge is 0.335 e. The Kier molecular flexibility index (Phi) is 4.72. The van der Waals surface area contributed by atoms with Crippen LogP contribution in [-0.2, 0) is 13.0 Å². The summed E-state index contributed by atoms with van der Waals surface area (Å²) in [5, 5.41) is 8.94. The third kappa shape index (κ3) is 4.17. The number of rotatable bonds is 5. The molecule has 0 saturated carbocycles. The molecule has 1 aromatic heterocycles. The third-order valence-electron chi connectivity index (χ3n) is 4.47. The summed E-state index contributed by atoms with van der Waals surface area (Å²) in [6.45, 7) is 5.17. The van der Waals surface area contributed by atoms with E-state index in [2.05, 4.69) is 22.0 Å². The van der Waals surface area contributed by atoms with Crippen LogP contribution in [-0.4, -0.2) is 34.0 Å². The second-order valence-corrected chi connectivity index (χ2v) is 6.40. The molecular weight excluding hydrogens is 288 g/mol. The van der Waals surface area contributed by atoms with Crippen LogP contribution in [0.25, 0.3) is 0 Å². The molecule has 1 aromatic carbocycles. The Morgan fingerprint density at radius 3 is 2.61 bits per heavy atom. The van der Waals surface area contributed by atoms with E-state index in [1.165, 1.54) is 17.5 Å². The molecule has 120 valence electrons. The van der Waals surface area contributed by atoms with Gasteiger partial charge in [0.1, 0.15) is 0 Å². The molecule has 0 radical (unpaired) electrons. The van der Waals surface area contributed by atoms with Gasteiger partial charge < -0.3 is 5.11 Å². The largest absolute Gasteiger partial charge is 0.478 e. The maximum Gasteiger partial charge on any atom is 0.335 e. The van der Waals surface area contributed by atoms with Crippen LogP contribution in [0.4, 0.5) is 0 Å². The summed E-state index contributed by atoms with van der Waals surface area (Å²) in [5.41, 5.74) is 3.90. The van der Waals surface area contributed by atoms with E-state index in [0.29, 0.717) is 11.5 Å². The summed E-state index contributed by atoms with van der Waals surface area (Å²) in [7, 11) is 0. The third-order valence-corrected chi connectivity index (χ3v) is 4.47. The zero-order chi connectivity index (χ0) is 16.2. The minimum absolute atomic E-state index is 0.355. The summed E-state index contributed by atoms with van der Waals surface area (Å²) in [6.07, 6.45) is 4.18. The summed E-state index contributed by atoms with van der Waals surface area (Å²) in [5.74, 6) is -0.223. The molecule has 2 aromatic rings. The summed E-state index contributed by atoms with van der Waals surface area (Å²) in [4.78, 5) is 17.7. The average Bonchev–Trinajstić information content (AvgIpc) is 2.97. The van der Waals surface area contributed by atoms with E-state index in [9.17, 15) is 4.79 Å². The first-order valence-corrected chi connectivity index (χ1v) is 8.06. The lowest BCUT2D eigenvalue weighted by atomic mass is 9.98. The molecule has 2 heterocycles. The van der Waals surface area contributed by atoms with Gasteiger partial charge in [-0.1, -0.05) is 18.2 Å². The molecule has 4 heteroatoms. The molecule has 0 spiro atoms. The Morgan fingerprint density at radius 2 is 1.96 bits per heavy atom. The Labute approximate surface area is 136 Å². The highest BCUT2D eigenvalue weighted by atomic mass is 16.4. The number of aromatic carboxylic acids is 1. The van der Waals surface area contributed by atoms with E-state index in [1.807, 2.05) is 25.3 Å². The van der Waals surface area contributed by atoms with Crippen molar-refractivity contribution in [2.75, 3.05) is 13.1 Å². The minimum Gasteiger partial charge on any atom is -0.478 e. The van der Waals surface area contributed by atoms with E-state index >= 15 is 0 Å². The average molecular weight is 310 g/mol. The molecule has 0 bridgehead atoms. The molecule has 3 rings (SSSR count). The van der Waals surface area contributed by atoms with E-state index in [1.54, 1.807) is 12.1 Å². The lowest BCUT2D eigenvalue weighted by Crippen LogP contribution is -2.20. The van der Waals surface area contributed by atoms with Gasteiger partial charge in [-0.2, -0.15) is 0 Å². The molecule has 1 aliphatic heterocycles. The van der Waals surface area contributed by atoms with Crippen LogP contribution in [0, 0.1) is 12.8 Å². The van der Waals surface area contributed by atoms with Gasteiger partial charge in [-0.25, -0.2) is 4.79 Å². The molecular formula is C19H22N2O2. The van der Waals surface area contributed by atoms with Crippen molar-refractivity contribution in [1.29, 1.82) is 0 Å². The highest BCUT2D eigenvalue weighted by Gasteiger charge is 2.22. The lowest BCUT2D eigenvalue weighted by molar-refractivity contribution is 0.0697. The van der Waals surface area contributed by atoms with Crippen molar-refractivity contribution in [3.8, 4) is 0 Å². The number of likely N-dealkylation sites (tertiary alicyclic amines) is 1. The Hall–Kier alpha value is -2.20. The van der Waals surface area contributed by atoms with Gasteiger partial charge in [0.2, 0.25) is 0 Å². The van der Waals surface area contributed by atoms with Crippen LogP contribution in [0.15, 0.2) is 42.6 Å². The van der Waals surface area contributed by atoms with Gasteiger partial charge in [0.05, 0.1) is 5.56 Å². The predicted octanol–water partition coefficient (Wildman–Crippen LogP) is 3.15. The molecule has 0 amide bonds. The van der Waals surface area contributed by atoms with E-state index < -0.39 is 5.97 Å². The second-order valence-electron chi connectivity index (χ2n) is 6.40. The zero-order valence-corrected chi connectivity index (χ0v) is 13.4. The number of benzene rings is 1. The van der Waals surface area contributed by atoms with Gasteiger partial charge in [-0.3, -0.25) is 9.88 Å². The fourth-order valence-corrected chi connectivity index (χ4v) is 3.19. The maximum atomic E-state index is 10.9. The van der Waals surface area contributed by atoms with Crippen LogP contribution >= 0.6 is 0 Å². The van der Waals surface area contributed by atoms with Crippen LogP contribution < -0.4 is 0 Å². The number of hydrogen-bond donors (Lipinski definition) is 1. The van der Waals surface area contributed by atoms with Crippen LogP contribution in [0.3, 0.4) is 0 Å². The molecule has 1 N–H and O–H groups in total. The number of pyridine rings is 1. The van der Waals surface area contributed by atoms with Gasteiger partial charge >= 0.3 is 5.97 Å². The molecule has 0 aliphatic carbocycles. The van der Waals surface area contributed by atoms with Gasteiger partial charge in [0.15, 0.2) is 0 Å². The van der Waals surface area contributed by atoms with E-state index in [-0.39, 0.29) is 0 Å². The van der Waals surface area contributed by atoms with Crippen LogP contribution in [0.5, 0.6) is 0 Å². The molecule has 1 fully saturated rings. The summed E-state index contributed by atoms with van der Waals surface area (Å²) < 4.78 is 0. The fraction of sp³-hybridized carbons (Fsp3) is 0.368. The van der Waals surface area contributed by atoms with Gasteiger partial charge in [0, 0.05) is 25.0 Å². The van der Waals surface area contributed by atoms with Crippen LogP contribution in [0.2, 0.25) is 0 Å². The minimum atomic E-state index is -0.865. The Balaban J connectivity index is 1.53. The van der Waals surface area contributed by atoms with E-state index in [0.717, 1.165) is 31.7 Å². The second kappa shape index (κ2) is 6.92. The lowest BCUT2D eigenvalue weighted by Gasteiger charge is -2.16. The molecule has 1 aliphatic rings. The van der Waals surface area contributed by atoms with Crippen LogP contribution in [0.1, 0.15) is 33.6 Å². The molecule has 1 saturated heterocycles. The van der Waals surface area contributed by atoms with Crippen molar-refractivity contribution in [2.45, 2.75) is 26.3 Å². The number of hydrogen-bond acceptors (Lipinski definition) is 3. The van der Waals surface area contributed by atoms with Crippen molar-refractivity contribution in [2.24, 2.45) is 5.92 Å². The van der Waals surface area contributed by atoms with Crippen molar-refractivity contribution in [3.05, 3.63) is 65.0 Å². The first-order chi connectivity index (χ1) is 11.1. The first kappa shape index (κ1) is 15.7. The highest BCUT2D eigenvalue weighted by Crippen LogP contribution is 2.22. The number of nitrogens with zero attached hydrogens (tertiary/aromatic N) is 2. The van der Waals surface area contributed by atoms with E-state index in [4.69, 9.17) is 5.11 Å². The topological polar surface area (TPSA) is 53.4 Å². The number of carboxylic acids is 1. The van der Waals surface area contributed by atoms with Crippen molar-refractivity contribution < 1.29 is 9.90 Å². The monoisotopic (exact) mass is 310 g/mol. The number of aryl methyl sites for hydroxylation is 1. The molecule has 23 heavy (non-hydrogen) atoms. The van der Waals surface area contributed by atoms with Gasteiger partial charge in [0.25, 0.3) is 0 Å². The number of carboxylic acid groups (broad SMARTS) is 1. The summed E-state index contributed by atoms with van der Waals surface area (Å²) >= 11 is 0. The maximum absolute atomic E-state index is 10.9. The number of aromatic nitrogens is 1. The molecule has 4 nitrogen and oxygen atoms in total. The first-order valence-electron chi connectivity index (χ1n) is 8.06. The normalized spacial score (nSPS) is 18.2. The molecule has 1 unspecified atom stereocenters. The SMILES string of the molecule is Cc1ccc(CN2CCC(Cc3ccc(C(=O)O)cc3)C2)cn1. The standard InChI is InChI=1S/C19H22N2O2/c1-14-2-3-17(11-20-14)13-21-9-8-16(12-21)10-15-4-6-18(7-5-15)19(22)23/h2-7,11,16H,8-10,12-13H2,1H3,(H,22,23). The van der Waals surface area contributed by atoms with Gasteiger partial charge in [-0.15, -0.1) is 0 Å². The number of carbonyl (C=O) groups is 1. The summed E-state index contributed by atoms with van der Waals surface area (Å²) in [6, 6.07) is 11.5. The Morgan fingerprint density at radius 1 is 1.22 bits per heavy atom. The predicted molar refractivity (Wildman–Crippen MR) is 89.5 cm³/mol.